The van der Waals surface area contributed by atoms with Crippen molar-refractivity contribution in [2.45, 2.75) is 104 Å². The van der Waals surface area contributed by atoms with Gasteiger partial charge in [-0.15, -0.1) is 0 Å². The Labute approximate surface area is 145 Å². The number of nitrogen functional groups attached to an aromatic ring is 1. The topological polar surface area (TPSA) is 26.0 Å². The molecule has 0 aliphatic heterocycles. The lowest BCUT2D eigenvalue weighted by molar-refractivity contribution is 0.606. The van der Waals surface area contributed by atoms with Crippen molar-refractivity contribution < 1.29 is 0 Å². The molecule has 2 N–H and O–H groups in total. The molecule has 0 aromatic heterocycles. The zero-order valence-electron chi connectivity index (χ0n) is 15.7. The van der Waals surface area contributed by atoms with Crippen LogP contribution < -0.4 is 5.73 Å². The van der Waals surface area contributed by atoms with Crippen molar-refractivity contribution in [1.29, 1.82) is 0 Å². The molecule has 0 unspecified atom stereocenters. The first-order chi connectivity index (χ1) is 11.3. The average Bonchev–Trinajstić information content (AvgIpc) is 2.55. The Bertz CT molecular complexity index is 397. The van der Waals surface area contributed by atoms with E-state index >= 15 is 0 Å². The van der Waals surface area contributed by atoms with E-state index in [4.69, 9.17) is 5.73 Å². The maximum absolute atomic E-state index is 6.25. The van der Waals surface area contributed by atoms with Gasteiger partial charge in [-0.1, -0.05) is 90.2 Å². The van der Waals surface area contributed by atoms with Gasteiger partial charge in [0.1, 0.15) is 0 Å². The minimum Gasteiger partial charge on any atom is -0.398 e. The first kappa shape index (κ1) is 20.1. The van der Waals surface area contributed by atoms with E-state index in [9.17, 15) is 0 Å². The van der Waals surface area contributed by atoms with Gasteiger partial charge in [-0.05, 0) is 42.9 Å². The number of unbranched alkanes of at least 4 members (excludes halogenated alkanes) is 10. The predicted molar refractivity (Wildman–Crippen MR) is 105 cm³/mol. The molecule has 0 saturated carbocycles. The third-order valence-corrected chi connectivity index (χ3v) is 4.83. The van der Waals surface area contributed by atoms with Crippen LogP contribution in [0.1, 0.15) is 102 Å². The molecule has 0 aliphatic carbocycles. The Kier molecular flexibility index (Phi) is 11.7. The minimum absolute atomic E-state index is 1.02. The van der Waals surface area contributed by atoms with Gasteiger partial charge in [0.2, 0.25) is 0 Å². The molecule has 0 spiro atoms. The van der Waals surface area contributed by atoms with Crippen LogP contribution in [0.3, 0.4) is 0 Å². The van der Waals surface area contributed by atoms with E-state index in [0.717, 1.165) is 12.1 Å². The van der Waals surface area contributed by atoms with Crippen molar-refractivity contribution in [2.75, 3.05) is 5.73 Å². The van der Waals surface area contributed by atoms with Crippen molar-refractivity contribution in [3.05, 3.63) is 29.3 Å². The molecule has 0 saturated heterocycles. The monoisotopic (exact) mass is 317 g/mol. The molecule has 1 aromatic rings. The molecule has 0 heterocycles. The fourth-order valence-corrected chi connectivity index (χ4v) is 3.23. The molecule has 0 bridgehead atoms. The predicted octanol–water partition coefficient (Wildman–Crippen LogP) is 7.07. The molecular weight excluding hydrogens is 278 g/mol. The van der Waals surface area contributed by atoms with Gasteiger partial charge in [-0.3, -0.25) is 0 Å². The van der Waals surface area contributed by atoms with Crippen molar-refractivity contribution in [3.63, 3.8) is 0 Å². The molecule has 0 atom stereocenters. The molecule has 0 radical (unpaired) electrons. The fourth-order valence-electron chi connectivity index (χ4n) is 3.23. The summed E-state index contributed by atoms with van der Waals surface area (Å²) in [6.45, 7) is 4.54. The molecule has 1 rings (SSSR count). The van der Waals surface area contributed by atoms with Gasteiger partial charge in [-0.2, -0.15) is 0 Å². The second-order valence-electron chi connectivity index (χ2n) is 7.07. The number of benzene rings is 1. The van der Waals surface area contributed by atoms with E-state index in [1.165, 1.54) is 94.6 Å². The summed E-state index contributed by atoms with van der Waals surface area (Å²) in [6.07, 6.45) is 18.6. The molecule has 0 amide bonds. The highest BCUT2D eigenvalue weighted by atomic mass is 14.6. The van der Waals surface area contributed by atoms with Crippen molar-refractivity contribution in [2.24, 2.45) is 0 Å². The summed E-state index contributed by atoms with van der Waals surface area (Å²) in [5, 5.41) is 0. The summed E-state index contributed by atoms with van der Waals surface area (Å²) in [6, 6.07) is 6.79. The van der Waals surface area contributed by atoms with Crippen LogP contribution in [-0.2, 0) is 12.8 Å². The smallest absolute Gasteiger partial charge is 0.0349 e. The van der Waals surface area contributed by atoms with Gasteiger partial charge in [0.25, 0.3) is 0 Å². The Morgan fingerprint density at radius 2 is 1.17 bits per heavy atom. The molecule has 132 valence electrons. The summed E-state index contributed by atoms with van der Waals surface area (Å²) in [5.74, 6) is 0. The van der Waals surface area contributed by atoms with Gasteiger partial charge < -0.3 is 5.73 Å². The summed E-state index contributed by atoms with van der Waals surface area (Å²) in [7, 11) is 0. The van der Waals surface area contributed by atoms with E-state index in [1.807, 2.05) is 0 Å². The highest BCUT2D eigenvalue weighted by molar-refractivity contribution is 5.49. The Balaban J connectivity index is 2.20. The van der Waals surface area contributed by atoms with Crippen LogP contribution in [0.15, 0.2) is 18.2 Å². The minimum atomic E-state index is 1.02. The second-order valence-corrected chi connectivity index (χ2v) is 7.07. The average molecular weight is 318 g/mol. The highest BCUT2D eigenvalue weighted by Gasteiger charge is 2.02. The molecular formula is C22H39N. The summed E-state index contributed by atoms with van der Waals surface area (Å²) >= 11 is 0. The molecule has 0 aliphatic rings. The standard InChI is InChI=1S/C22H39N/c1-3-5-7-9-11-13-15-20-17-18-21(22(23)19-20)16-14-12-10-8-6-4-2/h17-19H,3-16,23H2,1-2H3. The molecule has 1 nitrogen and oxygen atoms in total. The van der Waals surface area contributed by atoms with E-state index < -0.39 is 0 Å². The third kappa shape index (κ3) is 9.69. The van der Waals surface area contributed by atoms with E-state index in [-0.39, 0.29) is 0 Å². The van der Waals surface area contributed by atoms with Crippen LogP contribution in [0, 0.1) is 0 Å². The van der Waals surface area contributed by atoms with Gasteiger partial charge in [-0.25, -0.2) is 0 Å². The number of aryl methyl sites for hydroxylation is 2. The largest absolute Gasteiger partial charge is 0.398 e. The quantitative estimate of drug-likeness (QED) is 0.288. The zero-order chi connectivity index (χ0) is 16.8. The zero-order valence-corrected chi connectivity index (χ0v) is 15.7. The fraction of sp³-hybridized carbons (Fsp3) is 0.727. The number of anilines is 1. The van der Waals surface area contributed by atoms with Crippen LogP contribution in [-0.4, -0.2) is 0 Å². The number of nitrogens with two attached hydrogens (primary N) is 1. The summed E-state index contributed by atoms with van der Waals surface area (Å²) in [4.78, 5) is 0. The lowest BCUT2D eigenvalue weighted by Crippen LogP contribution is -1.97. The van der Waals surface area contributed by atoms with Gasteiger partial charge >= 0.3 is 0 Å². The van der Waals surface area contributed by atoms with Gasteiger partial charge in [0.15, 0.2) is 0 Å². The SMILES string of the molecule is CCCCCCCCc1ccc(CCCCCCCC)c(N)c1. The summed E-state index contributed by atoms with van der Waals surface area (Å²) in [5.41, 5.74) is 10.0. The second kappa shape index (κ2) is 13.5. The Hall–Kier alpha value is -0.980. The molecule has 1 aromatic carbocycles. The van der Waals surface area contributed by atoms with Crippen LogP contribution in [0.2, 0.25) is 0 Å². The van der Waals surface area contributed by atoms with Crippen LogP contribution in [0.25, 0.3) is 0 Å². The molecule has 0 fully saturated rings. The summed E-state index contributed by atoms with van der Waals surface area (Å²) < 4.78 is 0. The maximum Gasteiger partial charge on any atom is 0.0349 e. The third-order valence-electron chi connectivity index (χ3n) is 4.83. The first-order valence-corrected chi connectivity index (χ1v) is 10.1. The van der Waals surface area contributed by atoms with Gasteiger partial charge in [0.05, 0.1) is 0 Å². The normalized spacial score (nSPS) is 11.0. The van der Waals surface area contributed by atoms with Crippen molar-refractivity contribution >= 4 is 5.69 Å². The van der Waals surface area contributed by atoms with Crippen molar-refractivity contribution in [1.82, 2.24) is 0 Å². The van der Waals surface area contributed by atoms with Crippen LogP contribution in [0.5, 0.6) is 0 Å². The van der Waals surface area contributed by atoms with E-state index in [1.54, 1.807) is 0 Å². The molecule has 23 heavy (non-hydrogen) atoms. The van der Waals surface area contributed by atoms with Gasteiger partial charge in [0, 0.05) is 5.69 Å². The Morgan fingerprint density at radius 1 is 0.652 bits per heavy atom. The number of hydrogen-bond acceptors (Lipinski definition) is 1. The number of rotatable bonds is 14. The van der Waals surface area contributed by atoms with E-state index in [0.29, 0.717) is 0 Å². The lowest BCUT2D eigenvalue weighted by atomic mass is 9.99. The Morgan fingerprint density at radius 3 is 1.74 bits per heavy atom. The van der Waals surface area contributed by atoms with Crippen LogP contribution >= 0.6 is 0 Å². The maximum atomic E-state index is 6.25. The van der Waals surface area contributed by atoms with E-state index in [2.05, 4.69) is 32.0 Å². The molecule has 1 heteroatoms. The first-order valence-electron chi connectivity index (χ1n) is 10.1. The highest BCUT2D eigenvalue weighted by Crippen LogP contribution is 2.19. The number of hydrogen-bond donors (Lipinski definition) is 1. The van der Waals surface area contributed by atoms with Crippen molar-refractivity contribution in [3.8, 4) is 0 Å². The van der Waals surface area contributed by atoms with Crippen LogP contribution in [0.4, 0.5) is 5.69 Å². The lowest BCUT2D eigenvalue weighted by Gasteiger charge is -2.09.